The predicted molar refractivity (Wildman–Crippen MR) is 95.0 cm³/mol. The van der Waals surface area contributed by atoms with E-state index >= 15 is 0 Å². The van der Waals surface area contributed by atoms with Gasteiger partial charge in [-0.15, -0.1) is 0 Å². The summed E-state index contributed by atoms with van der Waals surface area (Å²) in [4.78, 5) is 4.97. The Morgan fingerprint density at radius 2 is 2.10 bits per heavy atom. The maximum absolute atomic E-state index is 3.62. The van der Waals surface area contributed by atoms with Gasteiger partial charge in [0.05, 0.1) is 0 Å². The number of anilines is 1. The number of piperazine rings is 1. The summed E-state index contributed by atoms with van der Waals surface area (Å²) >= 11 is 3.62. The van der Waals surface area contributed by atoms with E-state index in [9.17, 15) is 0 Å². The van der Waals surface area contributed by atoms with Gasteiger partial charge in [-0.3, -0.25) is 0 Å². The fourth-order valence-electron chi connectivity index (χ4n) is 2.74. The number of benzene rings is 1. The second-order valence-electron chi connectivity index (χ2n) is 6.57. The molecule has 1 atom stereocenters. The normalized spacial score (nSPS) is 20.3. The van der Waals surface area contributed by atoms with E-state index in [0.717, 1.165) is 37.2 Å². The molecule has 1 aromatic carbocycles. The van der Waals surface area contributed by atoms with Crippen molar-refractivity contribution in [3.05, 3.63) is 28.2 Å². The van der Waals surface area contributed by atoms with Gasteiger partial charge in [-0.05, 0) is 44.1 Å². The minimum atomic E-state index is 0.606. The summed E-state index contributed by atoms with van der Waals surface area (Å²) < 4.78 is 1.16. The van der Waals surface area contributed by atoms with Crippen LogP contribution in [0.4, 0.5) is 5.69 Å². The maximum atomic E-state index is 3.62. The third kappa shape index (κ3) is 4.70. The van der Waals surface area contributed by atoms with Gasteiger partial charge in [-0.2, -0.15) is 0 Å². The fourth-order valence-corrected chi connectivity index (χ4v) is 3.09. The first-order valence-corrected chi connectivity index (χ1v) is 8.71. The first-order chi connectivity index (χ1) is 9.97. The highest BCUT2D eigenvalue weighted by Gasteiger charge is 2.22. The molecule has 21 heavy (non-hydrogen) atoms. The molecule has 1 heterocycles. The lowest BCUT2D eigenvalue weighted by molar-refractivity contribution is 0.234. The third-order valence-corrected chi connectivity index (χ3v) is 4.71. The molecule has 0 saturated carbocycles. The molecule has 0 bridgehead atoms. The summed E-state index contributed by atoms with van der Waals surface area (Å²) in [6, 6.07) is 7.27. The molecule has 1 aliphatic heterocycles. The van der Waals surface area contributed by atoms with Crippen molar-refractivity contribution < 1.29 is 0 Å². The summed E-state index contributed by atoms with van der Waals surface area (Å²) in [5.74, 6) is 0.688. The van der Waals surface area contributed by atoms with Crippen LogP contribution in [0.2, 0.25) is 0 Å². The molecule has 1 saturated heterocycles. The molecule has 3 nitrogen and oxygen atoms in total. The zero-order valence-electron chi connectivity index (χ0n) is 13.7. The van der Waals surface area contributed by atoms with Gasteiger partial charge >= 0.3 is 0 Å². The summed E-state index contributed by atoms with van der Waals surface area (Å²) in [6.07, 6.45) is 0. The van der Waals surface area contributed by atoms with E-state index in [4.69, 9.17) is 0 Å². The van der Waals surface area contributed by atoms with Crippen molar-refractivity contribution in [1.29, 1.82) is 0 Å². The van der Waals surface area contributed by atoms with Gasteiger partial charge in [0.25, 0.3) is 0 Å². The Labute approximate surface area is 137 Å². The minimum absolute atomic E-state index is 0.606. The highest BCUT2D eigenvalue weighted by molar-refractivity contribution is 9.10. The predicted octanol–water partition coefficient (Wildman–Crippen LogP) is 3.34. The SMILES string of the molecule is CC(C)CNCc1ccc(Br)cc1N1CCN(C)C(C)C1. The molecule has 4 heteroatoms. The number of halogens is 1. The van der Waals surface area contributed by atoms with Crippen LogP contribution >= 0.6 is 15.9 Å². The Kier molecular flexibility index (Phi) is 6.08. The van der Waals surface area contributed by atoms with Crippen LogP contribution in [0, 0.1) is 5.92 Å². The second-order valence-corrected chi connectivity index (χ2v) is 7.49. The van der Waals surface area contributed by atoms with Gasteiger partial charge in [0.1, 0.15) is 0 Å². The Balaban J connectivity index is 2.11. The maximum Gasteiger partial charge on any atom is 0.0424 e. The van der Waals surface area contributed by atoms with Crippen LogP contribution in [0.1, 0.15) is 26.3 Å². The van der Waals surface area contributed by atoms with Gasteiger partial charge < -0.3 is 15.1 Å². The van der Waals surface area contributed by atoms with Crippen molar-refractivity contribution in [3.8, 4) is 0 Å². The smallest absolute Gasteiger partial charge is 0.0424 e. The van der Waals surface area contributed by atoms with Crippen molar-refractivity contribution in [3.63, 3.8) is 0 Å². The second kappa shape index (κ2) is 7.61. The van der Waals surface area contributed by atoms with Crippen molar-refractivity contribution in [2.24, 2.45) is 5.92 Å². The molecule has 118 valence electrons. The highest BCUT2D eigenvalue weighted by Crippen LogP contribution is 2.27. The molecular formula is C17H28BrN3. The molecule has 0 spiro atoms. The van der Waals surface area contributed by atoms with Crippen molar-refractivity contribution in [2.75, 3.05) is 38.1 Å². The van der Waals surface area contributed by atoms with E-state index < -0.39 is 0 Å². The number of nitrogens with zero attached hydrogens (tertiary/aromatic N) is 2. The van der Waals surface area contributed by atoms with E-state index in [1.807, 2.05) is 0 Å². The highest BCUT2D eigenvalue weighted by atomic mass is 79.9. The summed E-state index contributed by atoms with van der Waals surface area (Å²) in [6.45, 7) is 12.2. The van der Waals surface area contributed by atoms with Gasteiger partial charge in [-0.1, -0.05) is 35.8 Å². The molecule has 0 amide bonds. The summed E-state index contributed by atoms with van der Waals surface area (Å²) in [5, 5.41) is 3.57. The molecular weight excluding hydrogens is 326 g/mol. The third-order valence-electron chi connectivity index (χ3n) is 4.22. The van der Waals surface area contributed by atoms with Crippen molar-refractivity contribution in [2.45, 2.75) is 33.4 Å². The molecule has 1 aromatic rings. The lowest BCUT2D eigenvalue weighted by Crippen LogP contribution is -2.50. The number of hydrogen-bond acceptors (Lipinski definition) is 3. The number of likely N-dealkylation sites (N-methyl/N-ethyl adjacent to an activating group) is 1. The van der Waals surface area contributed by atoms with E-state index in [2.05, 4.69) is 77.1 Å². The number of hydrogen-bond donors (Lipinski definition) is 1. The minimum Gasteiger partial charge on any atom is -0.368 e. The standard InChI is InChI=1S/C17H28BrN3/c1-13(2)10-19-11-15-5-6-16(18)9-17(15)21-8-7-20(4)14(3)12-21/h5-6,9,13-14,19H,7-8,10-12H2,1-4H3. The number of nitrogens with one attached hydrogen (secondary N) is 1. The van der Waals surface area contributed by atoms with Gasteiger partial charge in [0, 0.05) is 42.4 Å². The fraction of sp³-hybridized carbons (Fsp3) is 0.647. The van der Waals surface area contributed by atoms with Gasteiger partial charge in [0.15, 0.2) is 0 Å². The van der Waals surface area contributed by atoms with Crippen LogP contribution in [0.15, 0.2) is 22.7 Å². The molecule has 0 aliphatic carbocycles. The first-order valence-electron chi connectivity index (χ1n) is 7.91. The monoisotopic (exact) mass is 353 g/mol. The molecule has 1 fully saturated rings. The Bertz CT molecular complexity index is 461. The Morgan fingerprint density at radius 1 is 1.33 bits per heavy atom. The summed E-state index contributed by atoms with van der Waals surface area (Å²) in [5.41, 5.74) is 2.77. The molecule has 0 aromatic heterocycles. The molecule has 0 radical (unpaired) electrons. The summed E-state index contributed by atoms with van der Waals surface area (Å²) in [7, 11) is 2.22. The lowest BCUT2D eigenvalue weighted by Gasteiger charge is -2.40. The molecule has 1 N–H and O–H groups in total. The largest absolute Gasteiger partial charge is 0.368 e. The van der Waals surface area contributed by atoms with Crippen molar-refractivity contribution in [1.82, 2.24) is 10.2 Å². The quantitative estimate of drug-likeness (QED) is 0.875. The van der Waals surface area contributed by atoms with E-state index in [1.54, 1.807) is 0 Å². The van der Waals surface area contributed by atoms with Crippen molar-refractivity contribution >= 4 is 21.6 Å². The lowest BCUT2D eigenvalue weighted by atomic mass is 10.1. The number of rotatable bonds is 5. The molecule has 2 rings (SSSR count). The van der Waals surface area contributed by atoms with Crippen LogP contribution in [-0.2, 0) is 6.54 Å². The van der Waals surface area contributed by atoms with Crippen LogP contribution in [0.25, 0.3) is 0 Å². The average molecular weight is 354 g/mol. The van der Waals surface area contributed by atoms with Crippen LogP contribution < -0.4 is 10.2 Å². The topological polar surface area (TPSA) is 18.5 Å². The average Bonchev–Trinajstić information content (AvgIpc) is 2.43. The zero-order valence-corrected chi connectivity index (χ0v) is 15.3. The van der Waals surface area contributed by atoms with E-state index in [1.165, 1.54) is 11.3 Å². The van der Waals surface area contributed by atoms with E-state index in [-0.39, 0.29) is 0 Å². The van der Waals surface area contributed by atoms with Crippen LogP contribution in [0.5, 0.6) is 0 Å². The van der Waals surface area contributed by atoms with Gasteiger partial charge in [0.2, 0.25) is 0 Å². The molecule has 1 unspecified atom stereocenters. The Morgan fingerprint density at radius 3 is 2.76 bits per heavy atom. The Hall–Kier alpha value is -0.580. The first kappa shape index (κ1) is 16.8. The van der Waals surface area contributed by atoms with Gasteiger partial charge in [-0.25, -0.2) is 0 Å². The molecule has 1 aliphatic rings. The van der Waals surface area contributed by atoms with Crippen LogP contribution in [-0.4, -0.2) is 44.2 Å². The zero-order chi connectivity index (χ0) is 15.4. The van der Waals surface area contributed by atoms with Crippen LogP contribution in [0.3, 0.4) is 0 Å². The van der Waals surface area contributed by atoms with E-state index in [0.29, 0.717) is 12.0 Å².